The molecule has 0 radical (unpaired) electrons. The first-order valence-electron chi connectivity index (χ1n) is 9.83. The van der Waals surface area contributed by atoms with Crippen LogP contribution in [0.1, 0.15) is 18.1 Å². The fourth-order valence-corrected chi connectivity index (χ4v) is 3.92. The van der Waals surface area contributed by atoms with Gasteiger partial charge in [0.25, 0.3) is 10.0 Å². The number of rotatable bonds is 8. The molecule has 0 fully saturated rings. The number of anilines is 1. The van der Waals surface area contributed by atoms with E-state index in [2.05, 4.69) is 11.9 Å². The lowest BCUT2D eigenvalue weighted by Crippen LogP contribution is -2.34. The molecule has 7 nitrogen and oxygen atoms in total. The van der Waals surface area contributed by atoms with Gasteiger partial charge in [0.05, 0.1) is 18.6 Å². The summed E-state index contributed by atoms with van der Waals surface area (Å²) < 4.78 is 37.4. The maximum atomic E-state index is 12.3. The van der Waals surface area contributed by atoms with Crippen LogP contribution < -0.4 is 19.5 Å². The summed E-state index contributed by atoms with van der Waals surface area (Å²) in [7, 11) is -2.37. The number of carbonyl (C=O) groups excluding carboxylic acids is 1. The minimum absolute atomic E-state index is 0.00714. The average Bonchev–Trinajstić information content (AvgIpc) is 2.79. The molecule has 0 unspecified atom stereocenters. The van der Waals surface area contributed by atoms with Crippen LogP contribution in [0.15, 0.2) is 84.3 Å². The maximum absolute atomic E-state index is 12.3. The first kappa shape index (κ1) is 22.9. The minimum Gasteiger partial charge on any atom is -0.493 e. The molecule has 0 aliphatic heterocycles. The van der Waals surface area contributed by atoms with E-state index in [0.717, 1.165) is 16.7 Å². The summed E-state index contributed by atoms with van der Waals surface area (Å²) in [5, 5.41) is 2.52. The fraction of sp³-hybridized carbons (Fsp3) is 0.125. The summed E-state index contributed by atoms with van der Waals surface area (Å²) in [5.41, 5.74) is 2.89. The van der Waals surface area contributed by atoms with E-state index in [1.165, 1.54) is 12.1 Å². The average molecular weight is 453 g/mol. The number of carbonyl (C=O) groups is 1. The van der Waals surface area contributed by atoms with Crippen molar-refractivity contribution in [2.45, 2.75) is 11.8 Å². The van der Waals surface area contributed by atoms with Gasteiger partial charge in [-0.3, -0.25) is 0 Å². The summed E-state index contributed by atoms with van der Waals surface area (Å²) in [6.45, 7) is 6.55. The van der Waals surface area contributed by atoms with Gasteiger partial charge in [0, 0.05) is 5.69 Å². The summed E-state index contributed by atoms with van der Waals surface area (Å²) in [6.07, 6.45) is 0. The molecule has 2 amide bonds. The van der Waals surface area contributed by atoms with E-state index >= 15 is 0 Å². The third kappa shape index (κ3) is 5.47. The van der Waals surface area contributed by atoms with Crippen molar-refractivity contribution < 1.29 is 22.7 Å². The Morgan fingerprint density at radius 3 is 2.22 bits per heavy atom. The normalized spacial score (nSPS) is 10.8. The Labute approximate surface area is 187 Å². The second-order valence-electron chi connectivity index (χ2n) is 6.73. The predicted molar refractivity (Wildman–Crippen MR) is 125 cm³/mol. The minimum atomic E-state index is -3.95. The molecule has 0 saturated carbocycles. The Hall–Kier alpha value is -3.78. The molecule has 0 aromatic heterocycles. The van der Waals surface area contributed by atoms with E-state index in [0.29, 0.717) is 23.8 Å². The van der Waals surface area contributed by atoms with E-state index in [9.17, 15) is 13.2 Å². The largest absolute Gasteiger partial charge is 0.493 e. The third-order valence-electron chi connectivity index (χ3n) is 4.58. The number of urea groups is 1. The maximum Gasteiger partial charge on any atom is 0.333 e. The Balaban J connectivity index is 1.69. The molecule has 8 heteroatoms. The zero-order valence-corrected chi connectivity index (χ0v) is 18.6. The van der Waals surface area contributed by atoms with E-state index < -0.39 is 16.1 Å². The Kier molecular flexibility index (Phi) is 7.17. The van der Waals surface area contributed by atoms with Gasteiger partial charge in [-0.05, 0) is 60.0 Å². The van der Waals surface area contributed by atoms with Crippen molar-refractivity contribution in [3.8, 4) is 11.5 Å². The smallest absolute Gasteiger partial charge is 0.333 e. The molecule has 166 valence electrons. The van der Waals surface area contributed by atoms with Crippen molar-refractivity contribution in [3.63, 3.8) is 0 Å². The van der Waals surface area contributed by atoms with Gasteiger partial charge in [0.15, 0.2) is 11.5 Å². The van der Waals surface area contributed by atoms with Crippen LogP contribution in [0.3, 0.4) is 0 Å². The van der Waals surface area contributed by atoms with Crippen molar-refractivity contribution in [2.24, 2.45) is 0 Å². The number of benzene rings is 3. The molecule has 3 aromatic carbocycles. The highest BCUT2D eigenvalue weighted by Crippen LogP contribution is 2.32. The molecular formula is C24H24N2O5S. The van der Waals surface area contributed by atoms with Crippen molar-refractivity contribution in [1.29, 1.82) is 0 Å². The van der Waals surface area contributed by atoms with E-state index in [-0.39, 0.29) is 4.90 Å². The quantitative estimate of drug-likeness (QED) is 0.518. The first-order valence-corrected chi connectivity index (χ1v) is 11.3. The second kappa shape index (κ2) is 10.0. The van der Waals surface area contributed by atoms with Crippen LogP contribution in [0.4, 0.5) is 10.5 Å². The number of nitrogens with one attached hydrogen (secondary N) is 2. The van der Waals surface area contributed by atoms with Gasteiger partial charge < -0.3 is 14.8 Å². The zero-order chi connectivity index (χ0) is 23.1. The zero-order valence-electron chi connectivity index (χ0n) is 17.8. The van der Waals surface area contributed by atoms with Crippen LogP contribution in [-0.4, -0.2) is 28.2 Å². The molecule has 3 aromatic rings. The second-order valence-corrected chi connectivity index (χ2v) is 8.41. The Bertz CT molecular complexity index is 1210. The van der Waals surface area contributed by atoms with Crippen LogP contribution in [0, 0.1) is 0 Å². The highest BCUT2D eigenvalue weighted by Gasteiger charge is 2.17. The van der Waals surface area contributed by atoms with Gasteiger partial charge >= 0.3 is 6.03 Å². The summed E-state index contributed by atoms with van der Waals surface area (Å²) in [6, 6.07) is 19.3. The van der Waals surface area contributed by atoms with Crippen molar-refractivity contribution in [1.82, 2.24) is 4.72 Å². The third-order valence-corrected chi connectivity index (χ3v) is 5.93. The molecule has 0 saturated heterocycles. The van der Waals surface area contributed by atoms with Crippen molar-refractivity contribution >= 4 is 27.3 Å². The molecule has 32 heavy (non-hydrogen) atoms. The highest BCUT2D eigenvalue weighted by atomic mass is 32.2. The highest BCUT2D eigenvalue weighted by molar-refractivity contribution is 7.90. The van der Waals surface area contributed by atoms with Crippen LogP contribution in [0.25, 0.3) is 5.57 Å². The molecule has 0 aliphatic rings. The molecular weight excluding hydrogens is 428 g/mol. The molecule has 0 heterocycles. The van der Waals surface area contributed by atoms with Crippen LogP contribution in [-0.2, 0) is 10.0 Å². The molecule has 0 bridgehead atoms. The monoisotopic (exact) mass is 452 g/mol. The molecule has 0 atom stereocenters. The fourth-order valence-electron chi connectivity index (χ4n) is 2.99. The summed E-state index contributed by atoms with van der Waals surface area (Å²) in [4.78, 5) is 12.2. The van der Waals surface area contributed by atoms with Crippen LogP contribution in [0.2, 0.25) is 0 Å². The summed E-state index contributed by atoms with van der Waals surface area (Å²) in [5.74, 6) is 1.27. The number of methoxy groups -OCH3 is 1. The Morgan fingerprint density at radius 2 is 1.59 bits per heavy atom. The van der Waals surface area contributed by atoms with Gasteiger partial charge in [-0.2, -0.15) is 0 Å². The van der Waals surface area contributed by atoms with Crippen LogP contribution in [0.5, 0.6) is 11.5 Å². The number of sulfonamides is 1. The van der Waals surface area contributed by atoms with Gasteiger partial charge in [0.1, 0.15) is 0 Å². The van der Waals surface area contributed by atoms with E-state index in [1.807, 2.05) is 29.8 Å². The molecule has 2 N–H and O–H groups in total. The number of hydrogen-bond acceptors (Lipinski definition) is 5. The topological polar surface area (TPSA) is 93.7 Å². The number of ether oxygens (including phenoxy) is 2. The Morgan fingerprint density at radius 1 is 0.938 bits per heavy atom. The molecule has 0 spiro atoms. The molecule has 0 aliphatic carbocycles. The number of amides is 2. The van der Waals surface area contributed by atoms with Crippen molar-refractivity contribution in [3.05, 3.63) is 90.5 Å². The van der Waals surface area contributed by atoms with Gasteiger partial charge in [-0.25, -0.2) is 17.9 Å². The lowest BCUT2D eigenvalue weighted by molar-refractivity contribution is 0.256. The van der Waals surface area contributed by atoms with E-state index in [1.54, 1.807) is 49.6 Å². The lowest BCUT2D eigenvalue weighted by Gasteiger charge is -2.13. The molecule has 3 rings (SSSR count). The van der Waals surface area contributed by atoms with Gasteiger partial charge in [-0.1, -0.05) is 43.0 Å². The van der Waals surface area contributed by atoms with Gasteiger partial charge in [-0.15, -0.1) is 0 Å². The van der Waals surface area contributed by atoms with Crippen LogP contribution >= 0.6 is 0 Å². The van der Waals surface area contributed by atoms with E-state index in [4.69, 9.17) is 9.47 Å². The first-order chi connectivity index (χ1) is 15.3. The lowest BCUT2D eigenvalue weighted by atomic mass is 9.99. The van der Waals surface area contributed by atoms with Gasteiger partial charge in [0.2, 0.25) is 0 Å². The number of hydrogen-bond donors (Lipinski definition) is 2. The SMILES string of the molecule is C=C(c1ccc(NC(=O)NS(=O)(=O)c2ccccc2)cc1)c1ccc(OC)c(OCC)c1. The predicted octanol–water partition coefficient (Wildman–Crippen LogP) is 4.67. The summed E-state index contributed by atoms with van der Waals surface area (Å²) >= 11 is 0. The van der Waals surface area contributed by atoms with Crippen molar-refractivity contribution in [2.75, 3.05) is 19.0 Å². The standard InChI is InChI=1S/C24H24N2O5S/c1-4-31-23-16-19(12-15-22(23)30-3)17(2)18-10-13-20(14-11-18)25-24(27)26-32(28,29)21-8-6-5-7-9-21/h5-16H,2,4H2,1,3H3,(H2,25,26,27).